The summed E-state index contributed by atoms with van der Waals surface area (Å²) in [6, 6.07) is 0. The van der Waals surface area contributed by atoms with Crippen LogP contribution in [0.2, 0.25) is 0 Å². The van der Waals surface area contributed by atoms with Crippen LogP contribution in [0.5, 0.6) is 0 Å². The summed E-state index contributed by atoms with van der Waals surface area (Å²) in [4.78, 5) is 0. The molecular formula is C7H17I3NO-3. The molecule has 0 radical (unpaired) electrons. The van der Waals surface area contributed by atoms with Crippen LogP contribution in [-0.2, 0) is 3.07 Å². The molecule has 0 aromatic carbocycles. The van der Waals surface area contributed by atoms with Crippen molar-refractivity contribution in [3.63, 3.8) is 0 Å². The van der Waals surface area contributed by atoms with Crippen LogP contribution in [0.3, 0.4) is 0 Å². The summed E-state index contributed by atoms with van der Waals surface area (Å²) in [7, 11) is 2.23. The molecule has 5 heteroatoms. The number of alkyl halides is 4. The Morgan fingerprint density at radius 2 is 2.08 bits per heavy atom. The van der Waals surface area contributed by atoms with Crippen molar-refractivity contribution in [2.45, 2.75) is 13.8 Å². The third-order valence-electron chi connectivity index (χ3n) is 1.06. The van der Waals surface area contributed by atoms with E-state index in [9.17, 15) is 0 Å². The van der Waals surface area contributed by atoms with E-state index in [1.54, 1.807) is 0 Å². The van der Waals surface area contributed by atoms with Gasteiger partial charge in [-0.15, -0.1) is 0 Å². The van der Waals surface area contributed by atoms with Crippen molar-refractivity contribution in [3.8, 4) is 0 Å². The second-order valence-corrected chi connectivity index (χ2v) is 13.2. The molecule has 80 valence electrons. The normalized spacial score (nSPS) is 12.0. The van der Waals surface area contributed by atoms with Crippen LogP contribution < -0.4 is 64.3 Å². The molecule has 12 heavy (non-hydrogen) atoms. The van der Waals surface area contributed by atoms with Gasteiger partial charge in [0.15, 0.2) is 0 Å². The van der Waals surface area contributed by atoms with Gasteiger partial charge in [-0.05, 0) is 0 Å². The Labute approximate surface area is 108 Å². The van der Waals surface area contributed by atoms with Crippen molar-refractivity contribution in [3.05, 3.63) is 0 Å². The number of hydrogen-bond acceptors (Lipinski definition) is 2. The summed E-state index contributed by atoms with van der Waals surface area (Å²) >= 11 is 0.856. The van der Waals surface area contributed by atoms with Crippen LogP contribution in [0, 0.1) is 0 Å². The molecule has 0 aliphatic rings. The van der Waals surface area contributed by atoms with Crippen LogP contribution in [0.4, 0.5) is 0 Å². The average Bonchev–Trinajstić information content (AvgIpc) is 2.10. The molecular weight excluding hydrogens is 495 g/mol. The molecule has 0 aromatic rings. The van der Waals surface area contributed by atoms with Crippen molar-refractivity contribution < 1.29 is 67.4 Å². The third kappa shape index (κ3) is 10.2. The molecule has 0 aromatic heterocycles. The average molecular weight is 512 g/mol. The van der Waals surface area contributed by atoms with Gasteiger partial charge in [-0.25, -0.2) is 0 Å². The van der Waals surface area contributed by atoms with Gasteiger partial charge >= 0.3 is 109 Å². The molecule has 0 saturated heterocycles. The van der Waals surface area contributed by atoms with Crippen molar-refractivity contribution in [2.24, 2.45) is 0 Å². The summed E-state index contributed by atoms with van der Waals surface area (Å²) in [5.74, 6) is 0. The zero-order chi connectivity index (χ0) is 9.23. The fraction of sp³-hybridized carbons (Fsp3) is 1.00. The maximum atomic E-state index is 5.56. The summed E-state index contributed by atoms with van der Waals surface area (Å²) < 4.78 is 11.9. The molecule has 0 amide bonds. The molecule has 0 spiro atoms. The third-order valence-corrected chi connectivity index (χ3v) is 11.4. The van der Waals surface area contributed by atoms with Gasteiger partial charge in [0.2, 0.25) is 0 Å². The standard InChI is InChI=1S/C7H17I3NO/c1-4-10-12-7-8-6-9-11(3)5-2/h4-7H2,1-3H3/q-3. The minimum atomic E-state index is 0.117. The SMILES string of the molecule is CC[I-]OC[I-]C[I-]N(C)CC. The number of hydrogen-bond donors (Lipinski definition) is 0. The van der Waals surface area contributed by atoms with Crippen LogP contribution in [0.15, 0.2) is 0 Å². The van der Waals surface area contributed by atoms with Gasteiger partial charge in [0.25, 0.3) is 0 Å². The first-order valence-corrected chi connectivity index (χ1v) is 11.8. The molecule has 0 saturated carbocycles. The number of halogens is 3. The summed E-state index contributed by atoms with van der Waals surface area (Å²) in [5, 5.41) is 0. The van der Waals surface area contributed by atoms with Gasteiger partial charge in [-0.3, -0.25) is 0 Å². The van der Waals surface area contributed by atoms with Crippen molar-refractivity contribution in [1.29, 1.82) is 0 Å². The molecule has 0 heterocycles. The minimum absolute atomic E-state index is 0.117. The molecule has 0 aliphatic carbocycles. The first-order chi connectivity index (χ1) is 5.81. The van der Waals surface area contributed by atoms with E-state index in [1.807, 2.05) is 0 Å². The number of nitrogens with zero attached hydrogens (tertiary/aromatic N) is 1. The Morgan fingerprint density at radius 1 is 1.33 bits per heavy atom. The monoisotopic (exact) mass is 512 g/mol. The van der Waals surface area contributed by atoms with E-state index in [0.29, 0.717) is 42.7 Å². The fourth-order valence-corrected chi connectivity index (χ4v) is 9.93. The van der Waals surface area contributed by atoms with Crippen LogP contribution in [0.25, 0.3) is 0 Å². The van der Waals surface area contributed by atoms with Gasteiger partial charge in [-0.1, -0.05) is 0 Å². The molecule has 0 N–H and O–H groups in total. The summed E-state index contributed by atoms with van der Waals surface area (Å²) in [6.07, 6.45) is 0. The first kappa shape index (κ1) is 14.1. The van der Waals surface area contributed by atoms with Crippen molar-refractivity contribution in [2.75, 3.05) is 25.1 Å². The Balaban J connectivity index is 2.90. The molecule has 0 bridgehead atoms. The van der Waals surface area contributed by atoms with Gasteiger partial charge in [0.05, 0.1) is 0 Å². The van der Waals surface area contributed by atoms with E-state index in [0.717, 1.165) is 4.61 Å². The number of rotatable bonds is 8. The zero-order valence-corrected chi connectivity index (χ0v) is 14.3. The van der Waals surface area contributed by atoms with E-state index >= 15 is 0 Å². The Kier molecular flexibility index (Phi) is 13.2. The van der Waals surface area contributed by atoms with E-state index in [2.05, 4.69) is 24.0 Å². The topological polar surface area (TPSA) is 12.5 Å². The fourth-order valence-electron chi connectivity index (χ4n) is 0.358. The van der Waals surface area contributed by atoms with Gasteiger partial charge in [-0.2, -0.15) is 0 Å². The zero-order valence-electron chi connectivity index (χ0n) is 7.82. The summed E-state index contributed by atoms with van der Waals surface area (Å²) in [6.45, 7) is 5.67. The van der Waals surface area contributed by atoms with E-state index in [-0.39, 0.29) is 21.6 Å². The Hall–Kier alpha value is 2.11. The van der Waals surface area contributed by atoms with Crippen molar-refractivity contribution in [1.82, 2.24) is 3.11 Å². The quantitative estimate of drug-likeness (QED) is 0.139. The maximum absolute atomic E-state index is 5.56. The predicted octanol–water partition coefficient (Wildman–Crippen LogP) is -8.01. The molecule has 2 nitrogen and oxygen atoms in total. The Bertz CT molecular complexity index is 94.7. The molecule has 0 atom stereocenters. The van der Waals surface area contributed by atoms with Gasteiger partial charge in [0, 0.05) is 0 Å². The van der Waals surface area contributed by atoms with Crippen LogP contribution in [0.1, 0.15) is 13.8 Å². The van der Waals surface area contributed by atoms with Crippen LogP contribution >= 0.6 is 0 Å². The second-order valence-electron chi connectivity index (χ2n) is 1.93. The van der Waals surface area contributed by atoms with Crippen molar-refractivity contribution >= 4 is 0 Å². The van der Waals surface area contributed by atoms with E-state index in [1.165, 1.54) is 13.4 Å². The molecule has 0 aliphatic heterocycles. The van der Waals surface area contributed by atoms with E-state index in [4.69, 9.17) is 3.07 Å². The Morgan fingerprint density at radius 3 is 2.67 bits per heavy atom. The van der Waals surface area contributed by atoms with Gasteiger partial charge in [0.1, 0.15) is 0 Å². The van der Waals surface area contributed by atoms with E-state index < -0.39 is 0 Å². The van der Waals surface area contributed by atoms with Gasteiger partial charge < -0.3 is 0 Å². The van der Waals surface area contributed by atoms with Crippen LogP contribution in [-0.4, -0.2) is 28.2 Å². The first-order valence-electron chi connectivity index (χ1n) is 3.86. The second kappa shape index (κ2) is 11.2. The molecule has 0 fully saturated rings. The summed E-state index contributed by atoms with van der Waals surface area (Å²) in [5.41, 5.74) is 0. The predicted molar refractivity (Wildman–Crippen MR) is 39.7 cm³/mol. The molecule has 0 unspecified atom stereocenters. The molecule has 0 rings (SSSR count).